The number of likely N-dealkylation sites (tertiary alicyclic amines) is 1. The monoisotopic (exact) mass is 310 g/mol. The van der Waals surface area contributed by atoms with E-state index in [4.69, 9.17) is 5.11 Å². The lowest BCUT2D eigenvalue weighted by molar-refractivity contribution is -0.183. The molecule has 0 spiro atoms. The first-order valence-electron chi connectivity index (χ1n) is 7.08. The van der Waals surface area contributed by atoms with Gasteiger partial charge in [0.2, 0.25) is 0 Å². The van der Waals surface area contributed by atoms with Crippen molar-refractivity contribution in [2.24, 2.45) is 11.8 Å². The van der Waals surface area contributed by atoms with Crippen molar-refractivity contribution in [3.63, 3.8) is 0 Å². The summed E-state index contributed by atoms with van der Waals surface area (Å²) in [5.74, 6) is -2.99. The lowest BCUT2D eigenvalue weighted by atomic mass is 9.96. The van der Waals surface area contributed by atoms with E-state index >= 15 is 0 Å². The van der Waals surface area contributed by atoms with Crippen LogP contribution < -0.4 is 5.32 Å². The minimum absolute atomic E-state index is 0.00120. The fourth-order valence-electron chi connectivity index (χ4n) is 2.39. The van der Waals surface area contributed by atoms with Crippen molar-refractivity contribution < 1.29 is 27.9 Å². The summed E-state index contributed by atoms with van der Waals surface area (Å²) in [7, 11) is 0. The van der Waals surface area contributed by atoms with Crippen LogP contribution in [0.5, 0.6) is 0 Å². The summed E-state index contributed by atoms with van der Waals surface area (Å²) in [6.07, 6.45) is -3.28. The van der Waals surface area contributed by atoms with E-state index in [1.54, 1.807) is 0 Å². The number of carboxylic acid groups (broad SMARTS) is 1. The molecule has 0 radical (unpaired) electrons. The number of carbonyl (C=O) groups is 2. The molecule has 1 saturated heterocycles. The van der Waals surface area contributed by atoms with E-state index in [2.05, 4.69) is 5.32 Å². The second-order valence-corrected chi connectivity index (χ2v) is 5.31. The standard InChI is InChI=1S/C13H21F3N2O3/c1-2-3-9(11(19)20)8-17-12(21)18-6-4-10(5-7-18)13(14,15)16/h9-10H,2-8H2,1H3,(H,17,21)(H,19,20). The van der Waals surface area contributed by atoms with Crippen LogP contribution >= 0.6 is 0 Å². The maximum absolute atomic E-state index is 12.5. The van der Waals surface area contributed by atoms with Crippen molar-refractivity contribution in [2.75, 3.05) is 19.6 Å². The Balaban J connectivity index is 2.39. The number of hydrogen-bond acceptors (Lipinski definition) is 2. The Bertz CT molecular complexity index is 366. The molecular weight excluding hydrogens is 289 g/mol. The van der Waals surface area contributed by atoms with Crippen LogP contribution in [-0.4, -0.2) is 47.8 Å². The highest BCUT2D eigenvalue weighted by molar-refractivity contribution is 5.76. The second-order valence-electron chi connectivity index (χ2n) is 5.31. The van der Waals surface area contributed by atoms with Crippen LogP contribution in [0.3, 0.4) is 0 Å². The number of aliphatic carboxylic acids is 1. The third-order valence-corrected chi connectivity index (χ3v) is 3.73. The van der Waals surface area contributed by atoms with Gasteiger partial charge in [0.05, 0.1) is 11.8 Å². The molecule has 1 unspecified atom stereocenters. The Morgan fingerprint density at radius 2 is 1.90 bits per heavy atom. The molecule has 1 aliphatic rings. The van der Waals surface area contributed by atoms with Crippen molar-refractivity contribution in [2.45, 2.75) is 38.8 Å². The minimum atomic E-state index is -4.21. The molecule has 1 aliphatic heterocycles. The summed E-state index contributed by atoms with van der Waals surface area (Å²) in [4.78, 5) is 24.1. The molecule has 0 saturated carbocycles. The number of carbonyl (C=O) groups excluding carboxylic acids is 1. The number of urea groups is 1. The van der Waals surface area contributed by atoms with Gasteiger partial charge >= 0.3 is 18.2 Å². The zero-order valence-corrected chi connectivity index (χ0v) is 11.9. The molecule has 1 atom stereocenters. The highest BCUT2D eigenvalue weighted by atomic mass is 19.4. The van der Waals surface area contributed by atoms with E-state index < -0.39 is 30.0 Å². The zero-order chi connectivity index (χ0) is 16.0. The Morgan fingerprint density at radius 3 is 2.33 bits per heavy atom. The lowest BCUT2D eigenvalue weighted by Crippen LogP contribution is -2.47. The molecule has 0 bridgehead atoms. The Labute approximate surface area is 121 Å². The van der Waals surface area contributed by atoms with Gasteiger partial charge in [0.15, 0.2) is 0 Å². The molecule has 0 aromatic rings. The molecule has 8 heteroatoms. The summed E-state index contributed by atoms with van der Waals surface area (Å²) in [6.45, 7) is 1.93. The smallest absolute Gasteiger partial charge is 0.391 e. The van der Waals surface area contributed by atoms with Crippen molar-refractivity contribution >= 4 is 12.0 Å². The predicted octanol–water partition coefficient (Wildman–Crippen LogP) is 2.47. The molecule has 2 N–H and O–H groups in total. The fraction of sp³-hybridized carbons (Fsp3) is 0.846. The van der Waals surface area contributed by atoms with E-state index in [0.717, 1.165) is 0 Å². The molecule has 122 valence electrons. The third-order valence-electron chi connectivity index (χ3n) is 3.73. The number of alkyl halides is 3. The van der Waals surface area contributed by atoms with Gasteiger partial charge in [0, 0.05) is 19.6 Å². The molecule has 21 heavy (non-hydrogen) atoms. The number of hydrogen-bond donors (Lipinski definition) is 2. The molecule has 1 rings (SSSR count). The van der Waals surface area contributed by atoms with E-state index in [9.17, 15) is 22.8 Å². The first-order valence-corrected chi connectivity index (χ1v) is 7.08. The van der Waals surface area contributed by atoms with Gasteiger partial charge in [-0.3, -0.25) is 4.79 Å². The lowest BCUT2D eigenvalue weighted by Gasteiger charge is -2.33. The van der Waals surface area contributed by atoms with Crippen molar-refractivity contribution in [3.8, 4) is 0 Å². The maximum atomic E-state index is 12.5. The number of carboxylic acids is 1. The van der Waals surface area contributed by atoms with Gasteiger partial charge in [0.1, 0.15) is 0 Å². The summed E-state index contributed by atoms with van der Waals surface area (Å²) < 4.78 is 37.5. The third kappa shape index (κ3) is 5.43. The maximum Gasteiger partial charge on any atom is 0.391 e. The Morgan fingerprint density at radius 1 is 1.33 bits per heavy atom. The molecule has 0 aromatic heterocycles. The Hall–Kier alpha value is -1.47. The van der Waals surface area contributed by atoms with Crippen LogP contribution in [0.1, 0.15) is 32.6 Å². The van der Waals surface area contributed by atoms with E-state index in [0.29, 0.717) is 12.8 Å². The van der Waals surface area contributed by atoms with Crippen molar-refractivity contribution in [3.05, 3.63) is 0 Å². The van der Waals surface area contributed by atoms with Crippen LogP contribution in [0.4, 0.5) is 18.0 Å². The average molecular weight is 310 g/mol. The number of nitrogens with one attached hydrogen (secondary N) is 1. The number of rotatable bonds is 5. The highest BCUT2D eigenvalue weighted by Crippen LogP contribution is 2.33. The normalized spacial score (nSPS) is 18.4. The fourth-order valence-corrected chi connectivity index (χ4v) is 2.39. The number of halogens is 3. The zero-order valence-electron chi connectivity index (χ0n) is 11.9. The van der Waals surface area contributed by atoms with E-state index in [1.165, 1.54) is 4.90 Å². The molecular formula is C13H21F3N2O3. The SMILES string of the molecule is CCCC(CNC(=O)N1CCC(C(F)(F)F)CC1)C(=O)O. The van der Waals surface area contributed by atoms with Crippen LogP contribution in [0, 0.1) is 11.8 Å². The van der Waals surface area contributed by atoms with Crippen LogP contribution in [-0.2, 0) is 4.79 Å². The first kappa shape index (κ1) is 17.6. The van der Waals surface area contributed by atoms with Crippen molar-refractivity contribution in [1.82, 2.24) is 10.2 Å². The van der Waals surface area contributed by atoms with E-state index in [1.807, 2.05) is 6.92 Å². The average Bonchev–Trinajstić information content (AvgIpc) is 2.42. The van der Waals surface area contributed by atoms with Gasteiger partial charge in [-0.05, 0) is 19.3 Å². The van der Waals surface area contributed by atoms with Gasteiger partial charge in [-0.1, -0.05) is 13.3 Å². The Kier molecular flexibility index (Phi) is 6.29. The van der Waals surface area contributed by atoms with Crippen LogP contribution in [0.25, 0.3) is 0 Å². The molecule has 1 fully saturated rings. The van der Waals surface area contributed by atoms with Gasteiger partial charge in [0.25, 0.3) is 0 Å². The number of amides is 2. The van der Waals surface area contributed by atoms with Gasteiger partial charge in [-0.2, -0.15) is 13.2 Å². The summed E-state index contributed by atoms with van der Waals surface area (Å²) in [5, 5.41) is 11.5. The molecule has 1 heterocycles. The summed E-state index contributed by atoms with van der Waals surface area (Å²) in [5.41, 5.74) is 0. The number of nitrogens with zero attached hydrogens (tertiary/aromatic N) is 1. The van der Waals surface area contributed by atoms with Gasteiger partial charge in [-0.15, -0.1) is 0 Å². The summed E-state index contributed by atoms with van der Waals surface area (Å²) >= 11 is 0. The first-order chi connectivity index (χ1) is 9.75. The van der Waals surface area contributed by atoms with Crippen LogP contribution in [0.15, 0.2) is 0 Å². The second kappa shape index (κ2) is 7.51. The molecule has 0 aromatic carbocycles. The van der Waals surface area contributed by atoms with E-state index in [-0.39, 0.29) is 32.5 Å². The van der Waals surface area contributed by atoms with Crippen molar-refractivity contribution in [1.29, 1.82) is 0 Å². The highest BCUT2D eigenvalue weighted by Gasteiger charge is 2.41. The topological polar surface area (TPSA) is 69.6 Å². The minimum Gasteiger partial charge on any atom is -0.481 e. The predicted molar refractivity (Wildman–Crippen MR) is 69.8 cm³/mol. The number of piperidine rings is 1. The van der Waals surface area contributed by atoms with Gasteiger partial charge in [-0.25, -0.2) is 4.79 Å². The quantitative estimate of drug-likeness (QED) is 0.819. The summed E-state index contributed by atoms with van der Waals surface area (Å²) in [6, 6.07) is -0.488. The van der Waals surface area contributed by atoms with Crippen LogP contribution in [0.2, 0.25) is 0 Å². The van der Waals surface area contributed by atoms with Gasteiger partial charge < -0.3 is 15.3 Å². The molecule has 2 amide bonds. The largest absolute Gasteiger partial charge is 0.481 e. The molecule has 0 aliphatic carbocycles. The molecule has 5 nitrogen and oxygen atoms in total.